The minimum atomic E-state index is 0.397. The Hall–Kier alpha value is -0.930. The zero-order chi connectivity index (χ0) is 13.7. The van der Waals surface area contributed by atoms with Crippen LogP contribution in [0.3, 0.4) is 0 Å². The van der Waals surface area contributed by atoms with Gasteiger partial charge in [0.25, 0.3) is 0 Å². The van der Waals surface area contributed by atoms with E-state index in [9.17, 15) is 0 Å². The molecule has 0 spiro atoms. The van der Waals surface area contributed by atoms with Gasteiger partial charge in [0.1, 0.15) is 0 Å². The van der Waals surface area contributed by atoms with E-state index < -0.39 is 0 Å². The van der Waals surface area contributed by atoms with Gasteiger partial charge in [0, 0.05) is 37.4 Å². The Morgan fingerprint density at radius 2 is 2.21 bits per heavy atom. The number of pyridine rings is 1. The van der Waals surface area contributed by atoms with E-state index in [0.29, 0.717) is 12.0 Å². The molecule has 3 nitrogen and oxygen atoms in total. The fraction of sp³-hybridized carbons (Fsp3) is 0.688. The molecule has 0 saturated heterocycles. The third kappa shape index (κ3) is 4.59. The molecule has 3 atom stereocenters. The summed E-state index contributed by atoms with van der Waals surface area (Å²) < 4.78 is 0. The second kappa shape index (κ2) is 7.01. The van der Waals surface area contributed by atoms with Crippen LogP contribution in [0.15, 0.2) is 24.4 Å². The van der Waals surface area contributed by atoms with Gasteiger partial charge in [0.05, 0.1) is 0 Å². The normalized spacial score (nSPS) is 27.7. The van der Waals surface area contributed by atoms with Crippen LogP contribution in [0.2, 0.25) is 0 Å². The number of nitrogens with zero attached hydrogens (tertiary/aromatic N) is 2. The van der Waals surface area contributed by atoms with Crippen LogP contribution in [-0.2, 0) is 6.42 Å². The second-order valence-electron chi connectivity index (χ2n) is 6.18. The van der Waals surface area contributed by atoms with Crippen LogP contribution in [0.1, 0.15) is 31.9 Å². The minimum absolute atomic E-state index is 0.397. The molecule has 1 aromatic heterocycles. The van der Waals surface area contributed by atoms with E-state index in [4.69, 9.17) is 5.73 Å². The van der Waals surface area contributed by atoms with Crippen LogP contribution >= 0.6 is 0 Å². The quantitative estimate of drug-likeness (QED) is 0.884. The van der Waals surface area contributed by atoms with Crippen molar-refractivity contribution in [2.45, 2.75) is 38.6 Å². The molecule has 3 unspecified atom stereocenters. The molecule has 2 N–H and O–H groups in total. The molecule has 0 radical (unpaired) electrons. The van der Waals surface area contributed by atoms with Gasteiger partial charge in [-0.3, -0.25) is 4.98 Å². The summed E-state index contributed by atoms with van der Waals surface area (Å²) in [5.41, 5.74) is 7.43. The summed E-state index contributed by atoms with van der Waals surface area (Å²) in [5, 5.41) is 0. The average molecular weight is 261 g/mol. The van der Waals surface area contributed by atoms with Crippen molar-refractivity contribution in [2.24, 2.45) is 17.6 Å². The Morgan fingerprint density at radius 3 is 2.95 bits per heavy atom. The Labute approximate surface area is 117 Å². The number of nitrogens with two attached hydrogens (primary N) is 1. The van der Waals surface area contributed by atoms with Crippen molar-refractivity contribution < 1.29 is 0 Å². The second-order valence-corrected chi connectivity index (χ2v) is 6.18. The van der Waals surface area contributed by atoms with E-state index in [-0.39, 0.29) is 0 Å². The maximum absolute atomic E-state index is 6.26. The highest BCUT2D eigenvalue weighted by Gasteiger charge is 2.26. The van der Waals surface area contributed by atoms with E-state index >= 15 is 0 Å². The van der Waals surface area contributed by atoms with Crippen LogP contribution in [0, 0.1) is 11.8 Å². The van der Waals surface area contributed by atoms with Crippen molar-refractivity contribution in [3.05, 3.63) is 30.1 Å². The van der Waals surface area contributed by atoms with Crippen LogP contribution < -0.4 is 5.73 Å². The lowest BCUT2D eigenvalue weighted by atomic mass is 9.79. The minimum Gasteiger partial charge on any atom is -0.327 e. The third-order valence-electron chi connectivity index (χ3n) is 4.33. The first kappa shape index (κ1) is 14.5. The van der Waals surface area contributed by atoms with Gasteiger partial charge in [-0.05, 0) is 50.3 Å². The van der Waals surface area contributed by atoms with Gasteiger partial charge in [-0.1, -0.05) is 13.0 Å². The molecule has 1 saturated carbocycles. The van der Waals surface area contributed by atoms with Gasteiger partial charge in [0.2, 0.25) is 0 Å². The molecule has 1 aliphatic carbocycles. The van der Waals surface area contributed by atoms with Crippen LogP contribution in [0.4, 0.5) is 0 Å². The summed E-state index contributed by atoms with van der Waals surface area (Å²) in [6.07, 6.45) is 6.67. The van der Waals surface area contributed by atoms with Crippen molar-refractivity contribution >= 4 is 0 Å². The van der Waals surface area contributed by atoms with Gasteiger partial charge in [-0.25, -0.2) is 0 Å². The van der Waals surface area contributed by atoms with Crippen LogP contribution in [0.5, 0.6) is 0 Å². The summed E-state index contributed by atoms with van der Waals surface area (Å²) >= 11 is 0. The summed E-state index contributed by atoms with van der Waals surface area (Å²) in [4.78, 5) is 6.79. The molecular weight excluding hydrogens is 234 g/mol. The Bertz CT molecular complexity index is 366. The number of hydrogen-bond acceptors (Lipinski definition) is 3. The van der Waals surface area contributed by atoms with Crippen molar-refractivity contribution in [1.82, 2.24) is 9.88 Å². The van der Waals surface area contributed by atoms with Crippen molar-refractivity contribution in [1.29, 1.82) is 0 Å². The van der Waals surface area contributed by atoms with E-state index in [2.05, 4.69) is 36.0 Å². The average Bonchev–Trinajstić information content (AvgIpc) is 2.42. The molecular formula is C16H27N3. The highest BCUT2D eigenvalue weighted by Crippen LogP contribution is 2.28. The third-order valence-corrected chi connectivity index (χ3v) is 4.33. The zero-order valence-corrected chi connectivity index (χ0v) is 12.3. The summed E-state index contributed by atoms with van der Waals surface area (Å²) in [6, 6.07) is 6.52. The maximum atomic E-state index is 6.26. The lowest BCUT2D eigenvalue weighted by Crippen LogP contribution is -2.42. The van der Waals surface area contributed by atoms with E-state index in [0.717, 1.165) is 25.4 Å². The lowest BCUT2D eigenvalue weighted by Gasteiger charge is -2.35. The Balaban J connectivity index is 1.76. The summed E-state index contributed by atoms with van der Waals surface area (Å²) in [5.74, 6) is 1.51. The van der Waals surface area contributed by atoms with Gasteiger partial charge in [0.15, 0.2) is 0 Å². The first-order valence-corrected chi connectivity index (χ1v) is 7.49. The topological polar surface area (TPSA) is 42.1 Å². The van der Waals surface area contributed by atoms with Crippen molar-refractivity contribution in [3.8, 4) is 0 Å². The zero-order valence-electron chi connectivity index (χ0n) is 12.3. The SMILES string of the molecule is CC1CCC(N)C(CN(C)CCc2ccccn2)C1. The van der Waals surface area contributed by atoms with Crippen molar-refractivity contribution in [3.63, 3.8) is 0 Å². The molecule has 1 aliphatic rings. The molecule has 0 aliphatic heterocycles. The van der Waals surface area contributed by atoms with E-state index in [1.54, 1.807) is 0 Å². The fourth-order valence-corrected chi connectivity index (χ4v) is 3.08. The fourth-order valence-electron chi connectivity index (χ4n) is 3.08. The molecule has 106 valence electrons. The predicted molar refractivity (Wildman–Crippen MR) is 79.9 cm³/mol. The number of aromatic nitrogens is 1. The summed E-state index contributed by atoms with van der Waals surface area (Å²) in [6.45, 7) is 4.54. The van der Waals surface area contributed by atoms with E-state index in [1.165, 1.54) is 25.0 Å². The van der Waals surface area contributed by atoms with Gasteiger partial charge < -0.3 is 10.6 Å². The standard InChI is InChI=1S/C16H27N3/c1-13-6-7-16(17)14(11-13)12-19(2)10-8-15-5-3-4-9-18-15/h3-5,9,13-14,16H,6-8,10-12,17H2,1-2H3. The monoisotopic (exact) mass is 261 g/mol. The Kier molecular flexibility index (Phi) is 5.34. The number of rotatable bonds is 5. The molecule has 2 rings (SSSR count). The van der Waals surface area contributed by atoms with Crippen molar-refractivity contribution in [2.75, 3.05) is 20.1 Å². The maximum Gasteiger partial charge on any atom is 0.0416 e. The largest absolute Gasteiger partial charge is 0.327 e. The molecule has 0 amide bonds. The first-order valence-electron chi connectivity index (χ1n) is 7.49. The molecule has 0 bridgehead atoms. The predicted octanol–water partition coefficient (Wildman–Crippen LogP) is 2.32. The highest BCUT2D eigenvalue weighted by atomic mass is 15.1. The molecule has 3 heteroatoms. The van der Waals surface area contributed by atoms with Crippen LogP contribution in [-0.4, -0.2) is 36.1 Å². The van der Waals surface area contributed by atoms with Gasteiger partial charge >= 0.3 is 0 Å². The molecule has 1 aromatic rings. The smallest absolute Gasteiger partial charge is 0.0416 e. The molecule has 1 heterocycles. The molecule has 1 fully saturated rings. The summed E-state index contributed by atoms with van der Waals surface area (Å²) in [7, 11) is 2.20. The highest BCUT2D eigenvalue weighted by molar-refractivity contribution is 5.03. The van der Waals surface area contributed by atoms with Gasteiger partial charge in [-0.2, -0.15) is 0 Å². The first-order chi connectivity index (χ1) is 9.15. The van der Waals surface area contributed by atoms with E-state index in [1.807, 2.05) is 12.3 Å². The van der Waals surface area contributed by atoms with Gasteiger partial charge in [-0.15, -0.1) is 0 Å². The molecule has 0 aromatic carbocycles. The number of likely N-dealkylation sites (N-methyl/N-ethyl adjacent to an activating group) is 1. The Morgan fingerprint density at radius 1 is 1.37 bits per heavy atom. The molecule has 19 heavy (non-hydrogen) atoms. The number of hydrogen-bond donors (Lipinski definition) is 1. The lowest BCUT2D eigenvalue weighted by molar-refractivity contribution is 0.182. The van der Waals surface area contributed by atoms with Crippen LogP contribution in [0.25, 0.3) is 0 Å².